The molecule has 0 aliphatic heterocycles. The molecule has 0 amide bonds. The number of hydrogen-bond donors (Lipinski definition) is 0. The molecule has 14 heavy (non-hydrogen) atoms. The molecule has 0 radical (unpaired) electrons. The van der Waals surface area contributed by atoms with E-state index in [4.69, 9.17) is 5.26 Å². The van der Waals surface area contributed by atoms with Gasteiger partial charge in [0.1, 0.15) is 0 Å². The number of aromatic nitrogens is 3. The average molecular weight is 182 g/mol. The van der Waals surface area contributed by atoms with Crippen LogP contribution in [0.25, 0.3) is 5.65 Å². The first kappa shape index (κ1) is 8.28. The molecule has 0 saturated carbocycles. The Morgan fingerprint density at radius 2 is 2.43 bits per heavy atom. The van der Waals surface area contributed by atoms with Crippen LogP contribution in [0.3, 0.4) is 0 Å². The molecule has 0 fully saturated rings. The third-order valence-corrected chi connectivity index (χ3v) is 1.67. The predicted octanol–water partition coefficient (Wildman–Crippen LogP) is 0.994. The predicted molar refractivity (Wildman–Crippen MR) is 50.1 cm³/mol. The summed E-state index contributed by atoms with van der Waals surface area (Å²) in [4.78, 5) is 4.13. The van der Waals surface area contributed by atoms with Gasteiger partial charge in [-0.1, -0.05) is 11.8 Å². The minimum Gasteiger partial charge on any atom is -0.236 e. The molecule has 0 aliphatic carbocycles. The van der Waals surface area contributed by atoms with E-state index in [1.165, 1.54) is 0 Å². The number of hydrogen-bond acceptors (Lipinski definition) is 3. The average Bonchev–Trinajstić information content (AvgIpc) is 2.63. The van der Waals surface area contributed by atoms with Crippen molar-refractivity contribution in [1.29, 1.82) is 5.26 Å². The summed E-state index contributed by atoms with van der Waals surface area (Å²) >= 11 is 0. The fraction of sp³-hybridized carbons (Fsp3) is 0.100. The molecule has 0 aliphatic rings. The van der Waals surface area contributed by atoms with Gasteiger partial charge >= 0.3 is 0 Å². The summed E-state index contributed by atoms with van der Waals surface area (Å²) in [6, 6.07) is 3.76. The first-order chi connectivity index (χ1) is 6.92. The van der Waals surface area contributed by atoms with Crippen molar-refractivity contribution < 1.29 is 0 Å². The summed E-state index contributed by atoms with van der Waals surface area (Å²) in [5, 5.41) is 12.4. The molecular formula is C10H6N4. The molecule has 66 valence electrons. The SMILES string of the molecule is N#CCC#Cc1cnn2cccnc12. The maximum atomic E-state index is 8.32. The molecule has 2 aromatic rings. The van der Waals surface area contributed by atoms with E-state index in [2.05, 4.69) is 21.9 Å². The fourth-order valence-corrected chi connectivity index (χ4v) is 1.09. The largest absolute Gasteiger partial charge is 0.236 e. The first-order valence-corrected chi connectivity index (χ1v) is 4.06. The van der Waals surface area contributed by atoms with Crippen molar-refractivity contribution in [3.63, 3.8) is 0 Å². The smallest absolute Gasteiger partial charge is 0.170 e. The number of rotatable bonds is 0. The van der Waals surface area contributed by atoms with Gasteiger partial charge in [0, 0.05) is 12.4 Å². The highest BCUT2D eigenvalue weighted by molar-refractivity contribution is 5.55. The Balaban J connectivity index is 2.46. The lowest BCUT2D eigenvalue weighted by Gasteiger charge is -1.88. The van der Waals surface area contributed by atoms with Crippen LogP contribution in [-0.2, 0) is 0 Å². The lowest BCUT2D eigenvalue weighted by atomic mass is 10.3. The van der Waals surface area contributed by atoms with Gasteiger partial charge in [-0.25, -0.2) is 9.50 Å². The standard InChI is InChI=1S/C10H6N4/c11-5-2-1-4-9-8-13-14-7-3-6-12-10(9)14/h3,6-8H,2H2. The van der Waals surface area contributed by atoms with Crippen molar-refractivity contribution in [2.24, 2.45) is 0 Å². The van der Waals surface area contributed by atoms with E-state index in [0.29, 0.717) is 0 Å². The highest BCUT2D eigenvalue weighted by Gasteiger charge is 1.99. The molecule has 0 atom stereocenters. The number of nitrogens with zero attached hydrogens (tertiary/aromatic N) is 4. The monoisotopic (exact) mass is 182 g/mol. The molecule has 2 heterocycles. The van der Waals surface area contributed by atoms with E-state index in [1.54, 1.807) is 29.2 Å². The van der Waals surface area contributed by atoms with Crippen LogP contribution in [0.2, 0.25) is 0 Å². The Bertz CT molecular complexity index is 550. The van der Waals surface area contributed by atoms with E-state index >= 15 is 0 Å². The number of fused-ring (bicyclic) bond motifs is 1. The summed E-state index contributed by atoms with van der Waals surface area (Å²) < 4.78 is 1.65. The summed E-state index contributed by atoms with van der Waals surface area (Å²) in [7, 11) is 0. The fourth-order valence-electron chi connectivity index (χ4n) is 1.09. The molecule has 4 heteroatoms. The summed E-state index contributed by atoms with van der Waals surface area (Å²) in [6.07, 6.45) is 5.36. The van der Waals surface area contributed by atoms with Crippen molar-refractivity contribution in [3.05, 3.63) is 30.2 Å². The number of nitriles is 1. The van der Waals surface area contributed by atoms with Crippen molar-refractivity contribution >= 4 is 5.65 Å². The Kier molecular flexibility index (Phi) is 2.12. The Hall–Kier alpha value is -2.33. The zero-order valence-electron chi connectivity index (χ0n) is 7.31. The molecule has 4 nitrogen and oxygen atoms in total. The van der Waals surface area contributed by atoms with Crippen molar-refractivity contribution in [2.75, 3.05) is 0 Å². The minimum absolute atomic E-state index is 0.226. The molecule has 0 N–H and O–H groups in total. The summed E-state index contributed by atoms with van der Waals surface area (Å²) in [6.45, 7) is 0. The lowest BCUT2D eigenvalue weighted by Crippen LogP contribution is -1.87. The maximum absolute atomic E-state index is 8.32. The Labute approximate surface area is 80.8 Å². The molecule has 0 spiro atoms. The van der Waals surface area contributed by atoms with Crippen LogP contribution < -0.4 is 0 Å². The van der Waals surface area contributed by atoms with Crippen LogP contribution in [0, 0.1) is 23.2 Å². The molecule has 0 unspecified atom stereocenters. The van der Waals surface area contributed by atoms with Gasteiger partial charge in [0.05, 0.1) is 24.3 Å². The molecule has 2 aromatic heterocycles. The van der Waals surface area contributed by atoms with Crippen LogP contribution in [0.5, 0.6) is 0 Å². The third-order valence-electron chi connectivity index (χ3n) is 1.67. The minimum atomic E-state index is 0.226. The lowest BCUT2D eigenvalue weighted by molar-refractivity contribution is 0.939. The van der Waals surface area contributed by atoms with E-state index < -0.39 is 0 Å². The van der Waals surface area contributed by atoms with Crippen LogP contribution in [0.15, 0.2) is 24.7 Å². The van der Waals surface area contributed by atoms with Crippen LogP contribution in [-0.4, -0.2) is 14.6 Å². The molecule has 2 rings (SSSR count). The van der Waals surface area contributed by atoms with Gasteiger partial charge in [-0.3, -0.25) is 0 Å². The second-order valence-corrected chi connectivity index (χ2v) is 2.58. The third kappa shape index (κ3) is 1.41. The first-order valence-electron chi connectivity index (χ1n) is 4.06. The van der Waals surface area contributed by atoms with Crippen molar-refractivity contribution in [2.45, 2.75) is 6.42 Å². The molecule has 0 saturated heterocycles. The van der Waals surface area contributed by atoms with Gasteiger partial charge in [-0.05, 0) is 6.07 Å². The van der Waals surface area contributed by atoms with Gasteiger partial charge in [-0.2, -0.15) is 10.4 Å². The van der Waals surface area contributed by atoms with Gasteiger partial charge in [0.25, 0.3) is 0 Å². The Morgan fingerprint density at radius 1 is 1.50 bits per heavy atom. The highest BCUT2D eigenvalue weighted by atomic mass is 15.2. The molecule has 0 aromatic carbocycles. The topological polar surface area (TPSA) is 54.0 Å². The van der Waals surface area contributed by atoms with E-state index in [1.807, 2.05) is 6.07 Å². The van der Waals surface area contributed by atoms with Gasteiger partial charge in [0.2, 0.25) is 0 Å². The van der Waals surface area contributed by atoms with E-state index in [0.717, 1.165) is 11.2 Å². The molecule has 0 bridgehead atoms. The normalized spacial score (nSPS) is 9.07. The van der Waals surface area contributed by atoms with E-state index in [9.17, 15) is 0 Å². The molecular weight excluding hydrogens is 176 g/mol. The summed E-state index contributed by atoms with van der Waals surface area (Å²) in [5.74, 6) is 5.58. The van der Waals surface area contributed by atoms with Crippen LogP contribution >= 0.6 is 0 Å². The zero-order chi connectivity index (χ0) is 9.80. The van der Waals surface area contributed by atoms with Crippen molar-refractivity contribution in [3.8, 4) is 17.9 Å². The van der Waals surface area contributed by atoms with Gasteiger partial charge < -0.3 is 0 Å². The van der Waals surface area contributed by atoms with Crippen LogP contribution in [0.1, 0.15) is 12.0 Å². The van der Waals surface area contributed by atoms with E-state index in [-0.39, 0.29) is 6.42 Å². The second kappa shape index (κ2) is 3.59. The zero-order valence-corrected chi connectivity index (χ0v) is 7.31. The second-order valence-electron chi connectivity index (χ2n) is 2.58. The van der Waals surface area contributed by atoms with Gasteiger partial charge in [-0.15, -0.1) is 0 Å². The highest BCUT2D eigenvalue weighted by Crippen LogP contribution is 2.04. The quantitative estimate of drug-likeness (QED) is 0.571. The summed E-state index contributed by atoms with van der Waals surface area (Å²) in [5.41, 5.74) is 1.47. The van der Waals surface area contributed by atoms with Gasteiger partial charge in [0.15, 0.2) is 5.65 Å². The Morgan fingerprint density at radius 3 is 3.29 bits per heavy atom. The maximum Gasteiger partial charge on any atom is 0.170 e. The van der Waals surface area contributed by atoms with Crippen molar-refractivity contribution in [1.82, 2.24) is 14.6 Å². The van der Waals surface area contributed by atoms with Crippen LogP contribution in [0.4, 0.5) is 0 Å².